The molecule has 0 saturated heterocycles. The second-order valence-electron chi connectivity index (χ2n) is 2.61. The summed E-state index contributed by atoms with van der Waals surface area (Å²) < 4.78 is 5.49. The fourth-order valence-electron chi connectivity index (χ4n) is 0.930. The van der Waals surface area contributed by atoms with E-state index in [1.807, 2.05) is 18.2 Å². The zero-order valence-corrected chi connectivity index (χ0v) is 7.13. The van der Waals surface area contributed by atoms with E-state index < -0.39 is 0 Å². The molecule has 0 aliphatic rings. The Morgan fingerprint density at radius 3 is 2.64 bits per heavy atom. The van der Waals surface area contributed by atoms with E-state index in [-0.39, 0.29) is 0 Å². The van der Waals surface area contributed by atoms with Crippen molar-refractivity contribution in [3.8, 4) is 5.75 Å². The number of hydrogen-bond acceptors (Lipinski definition) is 1. The van der Waals surface area contributed by atoms with E-state index in [1.165, 1.54) is 5.56 Å². The van der Waals surface area contributed by atoms with Crippen molar-refractivity contribution in [2.24, 2.45) is 0 Å². The molecule has 1 rings (SSSR count). The van der Waals surface area contributed by atoms with Crippen LogP contribution < -0.4 is 4.74 Å². The Labute approximate surface area is 68.0 Å². The molecular formula is C10H14O. The standard InChI is InChI=1S/C10H14O/c1-3-8-11-10-7-5-4-6-9(10)2/h4-7H,3,8H2,1-2H3. The number of ether oxygens (including phenoxy) is 1. The van der Waals surface area contributed by atoms with Crippen LogP contribution >= 0.6 is 0 Å². The third kappa shape index (κ3) is 2.26. The number of aryl methyl sites for hydroxylation is 1. The van der Waals surface area contributed by atoms with Crippen LogP contribution in [0.1, 0.15) is 18.9 Å². The predicted molar refractivity (Wildman–Crippen MR) is 47.0 cm³/mol. The van der Waals surface area contributed by atoms with Crippen LogP contribution in [0.4, 0.5) is 0 Å². The van der Waals surface area contributed by atoms with E-state index in [0.717, 1.165) is 18.8 Å². The van der Waals surface area contributed by atoms with Gasteiger partial charge in [0, 0.05) is 0 Å². The van der Waals surface area contributed by atoms with Crippen molar-refractivity contribution in [3.63, 3.8) is 0 Å². The highest BCUT2D eigenvalue weighted by molar-refractivity contribution is 5.31. The average molecular weight is 150 g/mol. The fourth-order valence-corrected chi connectivity index (χ4v) is 0.930. The minimum Gasteiger partial charge on any atom is -0.493 e. The van der Waals surface area contributed by atoms with Gasteiger partial charge < -0.3 is 4.74 Å². The zero-order chi connectivity index (χ0) is 8.10. The maximum Gasteiger partial charge on any atom is 0.122 e. The monoisotopic (exact) mass is 150 g/mol. The van der Waals surface area contributed by atoms with Crippen molar-refractivity contribution in [1.82, 2.24) is 0 Å². The predicted octanol–water partition coefficient (Wildman–Crippen LogP) is 2.78. The van der Waals surface area contributed by atoms with Gasteiger partial charge in [-0.15, -0.1) is 0 Å². The van der Waals surface area contributed by atoms with Gasteiger partial charge in [-0.3, -0.25) is 0 Å². The van der Waals surface area contributed by atoms with Crippen molar-refractivity contribution >= 4 is 0 Å². The minimum absolute atomic E-state index is 0.810. The molecule has 0 bridgehead atoms. The molecule has 1 aromatic carbocycles. The van der Waals surface area contributed by atoms with Gasteiger partial charge in [-0.05, 0) is 25.0 Å². The average Bonchev–Trinajstić information content (AvgIpc) is 2.03. The van der Waals surface area contributed by atoms with Crippen molar-refractivity contribution in [3.05, 3.63) is 29.8 Å². The van der Waals surface area contributed by atoms with Gasteiger partial charge in [-0.2, -0.15) is 0 Å². The number of para-hydroxylation sites is 1. The largest absolute Gasteiger partial charge is 0.493 e. The van der Waals surface area contributed by atoms with E-state index in [0.29, 0.717) is 0 Å². The van der Waals surface area contributed by atoms with E-state index in [2.05, 4.69) is 19.9 Å². The molecule has 0 amide bonds. The third-order valence-electron chi connectivity index (χ3n) is 1.56. The maximum atomic E-state index is 5.49. The summed E-state index contributed by atoms with van der Waals surface area (Å²) in [6.07, 6.45) is 1.06. The first-order chi connectivity index (χ1) is 5.34. The van der Waals surface area contributed by atoms with Crippen molar-refractivity contribution in [2.75, 3.05) is 6.61 Å². The van der Waals surface area contributed by atoms with Crippen LogP contribution in [0.25, 0.3) is 0 Å². The molecule has 0 unspecified atom stereocenters. The number of benzene rings is 1. The molecule has 0 radical (unpaired) electrons. The quantitative estimate of drug-likeness (QED) is 0.643. The van der Waals surface area contributed by atoms with Gasteiger partial charge in [0.25, 0.3) is 0 Å². The Balaban J connectivity index is 2.62. The van der Waals surface area contributed by atoms with Gasteiger partial charge in [0.2, 0.25) is 0 Å². The maximum absolute atomic E-state index is 5.49. The second kappa shape index (κ2) is 4.02. The smallest absolute Gasteiger partial charge is 0.122 e. The number of rotatable bonds is 3. The summed E-state index contributed by atoms with van der Waals surface area (Å²) in [4.78, 5) is 0. The van der Waals surface area contributed by atoms with Gasteiger partial charge in [0.1, 0.15) is 5.75 Å². The van der Waals surface area contributed by atoms with Crippen LogP contribution in [-0.4, -0.2) is 6.61 Å². The lowest BCUT2D eigenvalue weighted by molar-refractivity contribution is 0.315. The summed E-state index contributed by atoms with van der Waals surface area (Å²) in [5.41, 5.74) is 1.21. The Morgan fingerprint density at radius 1 is 1.27 bits per heavy atom. The molecule has 0 aromatic heterocycles. The summed E-state index contributed by atoms with van der Waals surface area (Å²) >= 11 is 0. The molecule has 0 aliphatic carbocycles. The first-order valence-corrected chi connectivity index (χ1v) is 4.03. The molecule has 0 aliphatic heterocycles. The molecule has 60 valence electrons. The topological polar surface area (TPSA) is 9.23 Å². The van der Waals surface area contributed by atoms with Crippen LogP contribution in [0.3, 0.4) is 0 Å². The highest BCUT2D eigenvalue weighted by Gasteiger charge is 1.94. The van der Waals surface area contributed by atoms with Crippen LogP contribution in [0.15, 0.2) is 24.3 Å². The highest BCUT2D eigenvalue weighted by atomic mass is 16.5. The summed E-state index contributed by atoms with van der Waals surface area (Å²) in [6.45, 7) is 4.98. The lowest BCUT2D eigenvalue weighted by Crippen LogP contribution is -1.95. The molecule has 0 atom stereocenters. The molecule has 0 fully saturated rings. The van der Waals surface area contributed by atoms with Crippen molar-refractivity contribution < 1.29 is 4.74 Å². The molecule has 0 heterocycles. The Hall–Kier alpha value is -0.980. The molecule has 0 saturated carbocycles. The first-order valence-electron chi connectivity index (χ1n) is 4.03. The van der Waals surface area contributed by atoms with Crippen LogP contribution in [-0.2, 0) is 0 Å². The van der Waals surface area contributed by atoms with Crippen molar-refractivity contribution in [1.29, 1.82) is 0 Å². The molecule has 0 spiro atoms. The summed E-state index contributed by atoms with van der Waals surface area (Å²) in [5.74, 6) is 1.01. The van der Waals surface area contributed by atoms with Crippen molar-refractivity contribution in [2.45, 2.75) is 20.3 Å². The van der Waals surface area contributed by atoms with Gasteiger partial charge in [0.15, 0.2) is 0 Å². The van der Waals surface area contributed by atoms with E-state index >= 15 is 0 Å². The van der Waals surface area contributed by atoms with Gasteiger partial charge >= 0.3 is 0 Å². The summed E-state index contributed by atoms with van der Waals surface area (Å²) in [6, 6.07) is 8.09. The Bertz CT molecular complexity index is 218. The highest BCUT2D eigenvalue weighted by Crippen LogP contribution is 2.15. The molecule has 1 nitrogen and oxygen atoms in total. The molecule has 1 aromatic rings. The molecule has 0 N–H and O–H groups in total. The van der Waals surface area contributed by atoms with Crippen LogP contribution in [0, 0.1) is 6.92 Å². The third-order valence-corrected chi connectivity index (χ3v) is 1.56. The summed E-state index contributed by atoms with van der Waals surface area (Å²) in [5, 5.41) is 0. The molecule has 1 heteroatoms. The Kier molecular flexibility index (Phi) is 2.96. The van der Waals surface area contributed by atoms with Crippen LogP contribution in [0.5, 0.6) is 5.75 Å². The lowest BCUT2D eigenvalue weighted by Gasteiger charge is -2.06. The minimum atomic E-state index is 0.810. The van der Waals surface area contributed by atoms with E-state index in [4.69, 9.17) is 4.74 Å². The van der Waals surface area contributed by atoms with Gasteiger partial charge in [-0.1, -0.05) is 25.1 Å². The lowest BCUT2D eigenvalue weighted by atomic mass is 10.2. The SMILES string of the molecule is CCCOc1ccccc1C. The number of hydrogen-bond donors (Lipinski definition) is 0. The fraction of sp³-hybridized carbons (Fsp3) is 0.400. The van der Waals surface area contributed by atoms with Gasteiger partial charge in [0.05, 0.1) is 6.61 Å². The van der Waals surface area contributed by atoms with E-state index in [1.54, 1.807) is 0 Å². The van der Waals surface area contributed by atoms with Crippen LogP contribution in [0.2, 0.25) is 0 Å². The normalized spacial score (nSPS) is 9.64. The first kappa shape index (κ1) is 8.12. The van der Waals surface area contributed by atoms with Gasteiger partial charge in [-0.25, -0.2) is 0 Å². The molecular weight excluding hydrogens is 136 g/mol. The van der Waals surface area contributed by atoms with E-state index in [9.17, 15) is 0 Å². The second-order valence-corrected chi connectivity index (χ2v) is 2.61. The molecule has 11 heavy (non-hydrogen) atoms. The summed E-state index contributed by atoms with van der Waals surface area (Å²) in [7, 11) is 0. The zero-order valence-electron chi connectivity index (χ0n) is 7.13. The Morgan fingerprint density at radius 2 is 2.00 bits per heavy atom.